The minimum atomic E-state index is -4.69. The van der Waals surface area contributed by atoms with Gasteiger partial charge in [-0.25, -0.2) is 13.8 Å². The number of hydrogen-bond donors (Lipinski definition) is 2. The Morgan fingerprint density at radius 1 is 1.27 bits per heavy atom. The van der Waals surface area contributed by atoms with Gasteiger partial charge in [0.1, 0.15) is 27.2 Å². The van der Waals surface area contributed by atoms with E-state index in [1.807, 2.05) is 0 Å². The third-order valence-corrected chi connectivity index (χ3v) is 7.06. The fraction of sp³-hybridized carbons (Fsp3) is 0.304. The van der Waals surface area contributed by atoms with Gasteiger partial charge in [0.05, 0.1) is 12.0 Å². The van der Waals surface area contributed by atoms with Gasteiger partial charge in [-0.05, 0) is 44.0 Å². The van der Waals surface area contributed by atoms with Crippen molar-refractivity contribution < 1.29 is 36.0 Å². The van der Waals surface area contributed by atoms with Crippen molar-refractivity contribution in [2.24, 2.45) is 5.73 Å². The first-order valence-electron chi connectivity index (χ1n) is 11.0. The molecular weight excluding hydrogens is 521 g/mol. The summed E-state index contributed by atoms with van der Waals surface area (Å²) >= 11 is 0.703. The number of nitrogens with one attached hydrogen (secondary N) is 1. The second-order valence-corrected chi connectivity index (χ2v) is 9.56. The van der Waals surface area contributed by atoms with Crippen LogP contribution < -0.4 is 11.1 Å². The number of carbonyl (C=O) groups is 2. The zero-order valence-electron chi connectivity index (χ0n) is 19.0. The van der Waals surface area contributed by atoms with Gasteiger partial charge in [0.25, 0.3) is 12.3 Å². The summed E-state index contributed by atoms with van der Waals surface area (Å²) in [7, 11) is 0. The number of fused-ring (bicyclic) bond motifs is 1. The first-order chi connectivity index (χ1) is 17.5. The SMILES string of the molecule is CC(C(=O)Nc1c(C(N)=O)sc2nc(C(F)F)cc(-c3ccco3)c12)n1nc(C(F)(F)F)cc1C1CC1. The Morgan fingerprint density at radius 2 is 2.00 bits per heavy atom. The number of anilines is 1. The largest absolute Gasteiger partial charge is 0.464 e. The zero-order chi connectivity index (χ0) is 26.6. The van der Waals surface area contributed by atoms with Gasteiger partial charge in [-0.1, -0.05) is 0 Å². The third kappa shape index (κ3) is 4.56. The number of amides is 2. The van der Waals surface area contributed by atoms with Crippen LogP contribution in [0.1, 0.15) is 64.9 Å². The van der Waals surface area contributed by atoms with Crippen LogP contribution in [-0.4, -0.2) is 26.6 Å². The molecule has 1 fully saturated rings. The molecule has 14 heteroatoms. The number of halogens is 5. The Balaban J connectivity index is 1.60. The van der Waals surface area contributed by atoms with E-state index in [4.69, 9.17) is 10.2 Å². The Kier molecular flexibility index (Phi) is 6.01. The van der Waals surface area contributed by atoms with E-state index in [0.717, 1.165) is 16.8 Å². The van der Waals surface area contributed by atoms with Crippen LogP contribution in [0.4, 0.5) is 27.6 Å². The lowest BCUT2D eigenvalue weighted by Gasteiger charge is -2.16. The van der Waals surface area contributed by atoms with E-state index >= 15 is 0 Å². The average Bonchev–Trinajstić information content (AvgIpc) is 3.24. The number of nitrogens with zero attached hydrogens (tertiary/aromatic N) is 3. The van der Waals surface area contributed by atoms with Crippen LogP contribution >= 0.6 is 11.3 Å². The highest BCUT2D eigenvalue weighted by Crippen LogP contribution is 2.44. The highest BCUT2D eigenvalue weighted by molar-refractivity contribution is 7.21. The quantitative estimate of drug-likeness (QED) is 0.284. The van der Waals surface area contributed by atoms with Gasteiger partial charge in [0.15, 0.2) is 5.69 Å². The topological polar surface area (TPSA) is 116 Å². The molecule has 0 bridgehead atoms. The number of rotatable bonds is 7. The van der Waals surface area contributed by atoms with Crippen molar-refractivity contribution in [1.29, 1.82) is 0 Å². The van der Waals surface area contributed by atoms with E-state index in [9.17, 15) is 31.5 Å². The number of aromatic nitrogens is 3. The predicted molar refractivity (Wildman–Crippen MR) is 123 cm³/mol. The molecule has 0 spiro atoms. The summed E-state index contributed by atoms with van der Waals surface area (Å²) in [5, 5.41) is 6.33. The van der Waals surface area contributed by atoms with Gasteiger partial charge in [-0.15, -0.1) is 11.3 Å². The average molecular weight is 539 g/mol. The van der Waals surface area contributed by atoms with Crippen molar-refractivity contribution >= 4 is 39.1 Å². The van der Waals surface area contributed by atoms with Crippen LogP contribution in [0.3, 0.4) is 0 Å². The van der Waals surface area contributed by atoms with Gasteiger partial charge >= 0.3 is 6.18 Å². The van der Waals surface area contributed by atoms with E-state index < -0.39 is 41.8 Å². The Morgan fingerprint density at radius 3 is 2.57 bits per heavy atom. The van der Waals surface area contributed by atoms with Crippen LogP contribution in [-0.2, 0) is 11.0 Å². The number of nitrogens with two attached hydrogens (primary N) is 1. The fourth-order valence-corrected chi connectivity index (χ4v) is 5.04. The first-order valence-corrected chi connectivity index (χ1v) is 11.8. The molecule has 0 radical (unpaired) electrons. The molecule has 1 aliphatic carbocycles. The Labute approximate surface area is 209 Å². The minimum Gasteiger partial charge on any atom is -0.464 e. The molecule has 0 aromatic carbocycles. The van der Waals surface area contributed by atoms with Crippen LogP contribution in [0.2, 0.25) is 0 Å². The monoisotopic (exact) mass is 539 g/mol. The third-order valence-electron chi connectivity index (χ3n) is 5.96. The van der Waals surface area contributed by atoms with E-state index in [1.165, 1.54) is 25.3 Å². The maximum atomic E-state index is 13.5. The summed E-state index contributed by atoms with van der Waals surface area (Å²) < 4.78 is 73.4. The van der Waals surface area contributed by atoms with Gasteiger partial charge in [-0.2, -0.15) is 18.3 Å². The lowest BCUT2D eigenvalue weighted by atomic mass is 10.1. The molecule has 4 heterocycles. The number of thiophene rings is 1. The van der Waals surface area contributed by atoms with E-state index in [2.05, 4.69) is 15.4 Å². The van der Waals surface area contributed by atoms with Crippen molar-refractivity contribution in [1.82, 2.24) is 14.8 Å². The molecule has 8 nitrogen and oxygen atoms in total. The van der Waals surface area contributed by atoms with Crippen molar-refractivity contribution in [2.75, 3.05) is 5.32 Å². The Bertz CT molecular complexity index is 1510. The molecule has 2 amide bonds. The number of furan rings is 1. The molecule has 0 aliphatic heterocycles. The highest BCUT2D eigenvalue weighted by Gasteiger charge is 2.39. The van der Waals surface area contributed by atoms with Gasteiger partial charge in [0.2, 0.25) is 5.91 Å². The second-order valence-electron chi connectivity index (χ2n) is 8.56. The standard InChI is InChI=1S/C23H18F5N5O3S/c1-9(33-13(10-4-5-10)8-15(32-33)23(26,27)28)21(35)31-17-16-11(14-3-2-6-36-14)7-12(19(24)25)30-22(16)37-18(17)20(29)34/h2-3,6-10,19H,4-5H2,1H3,(H2,29,34)(H,31,35). The van der Waals surface area contributed by atoms with Crippen molar-refractivity contribution in [3.8, 4) is 11.3 Å². The van der Waals surface area contributed by atoms with Crippen LogP contribution in [0.25, 0.3) is 21.5 Å². The number of pyridine rings is 1. The summed E-state index contributed by atoms with van der Waals surface area (Å²) in [6.07, 6.45) is -4.97. The van der Waals surface area contributed by atoms with E-state index in [0.29, 0.717) is 24.2 Å². The van der Waals surface area contributed by atoms with Crippen molar-refractivity contribution in [2.45, 2.75) is 44.3 Å². The molecule has 4 aromatic rings. The molecule has 194 valence electrons. The molecular formula is C23H18F5N5O3S. The summed E-state index contributed by atoms with van der Waals surface area (Å²) in [5.41, 5.74) is 4.13. The molecule has 0 saturated heterocycles. The number of hydrogen-bond acceptors (Lipinski definition) is 6. The smallest absolute Gasteiger partial charge is 0.435 e. The fourth-order valence-electron chi connectivity index (χ4n) is 4.03. The molecule has 3 N–H and O–H groups in total. The maximum absolute atomic E-state index is 13.5. The van der Waals surface area contributed by atoms with Crippen molar-refractivity contribution in [3.05, 3.63) is 52.5 Å². The molecule has 1 unspecified atom stereocenters. The number of alkyl halides is 5. The van der Waals surface area contributed by atoms with Gasteiger partial charge in [-0.3, -0.25) is 14.3 Å². The summed E-state index contributed by atoms with van der Waals surface area (Å²) in [4.78, 5) is 29.3. The van der Waals surface area contributed by atoms with E-state index in [1.54, 1.807) is 0 Å². The molecule has 4 aromatic heterocycles. The number of primary amides is 1. The van der Waals surface area contributed by atoms with Gasteiger partial charge < -0.3 is 15.5 Å². The van der Waals surface area contributed by atoms with Crippen molar-refractivity contribution in [3.63, 3.8) is 0 Å². The predicted octanol–water partition coefficient (Wildman–Crippen LogP) is 5.89. The zero-order valence-corrected chi connectivity index (χ0v) is 19.8. The molecule has 5 rings (SSSR count). The molecule has 1 atom stereocenters. The van der Waals surface area contributed by atoms with Crippen LogP contribution in [0.15, 0.2) is 34.9 Å². The summed E-state index contributed by atoms with van der Waals surface area (Å²) in [6, 6.07) is 3.84. The van der Waals surface area contributed by atoms with Crippen LogP contribution in [0.5, 0.6) is 0 Å². The normalized spacial score (nSPS) is 14.9. The van der Waals surface area contributed by atoms with Gasteiger partial charge in [0, 0.05) is 22.6 Å². The molecule has 1 saturated carbocycles. The number of carbonyl (C=O) groups excluding carboxylic acids is 2. The summed E-state index contributed by atoms with van der Waals surface area (Å²) in [6.45, 7) is 1.37. The molecule has 1 aliphatic rings. The second kappa shape index (κ2) is 8.94. The van der Waals surface area contributed by atoms with Crippen LogP contribution in [0, 0.1) is 0 Å². The molecule has 37 heavy (non-hydrogen) atoms. The highest BCUT2D eigenvalue weighted by atomic mass is 32.1. The Hall–Kier alpha value is -3.81. The maximum Gasteiger partial charge on any atom is 0.435 e. The first kappa shape index (κ1) is 24.9. The lowest BCUT2D eigenvalue weighted by molar-refractivity contribution is -0.141. The minimum absolute atomic E-state index is 0.00179. The van der Waals surface area contributed by atoms with E-state index in [-0.39, 0.29) is 43.7 Å². The lowest BCUT2D eigenvalue weighted by Crippen LogP contribution is -2.27. The summed E-state index contributed by atoms with van der Waals surface area (Å²) in [5.74, 6) is -1.72.